The third-order valence-corrected chi connectivity index (χ3v) is 8.95. The first kappa shape index (κ1) is 51.9. The van der Waals surface area contributed by atoms with Crippen LogP contribution in [0.15, 0.2) is 35.5 Å². The molecule has 340 valence electrons. The average Bonchev–Trinajstić information content (AvgIpc) is 3.22. The first-order chi connectivity index (χ1) is 29.1. The summed E-state index contributed by atoms with van der Waals surface area (Å²) in [6.45, 7) is 4.55. The van der Waals surface area contributed by atoms with E-state index in [1.807, 2.05) is 0 Å². The van der Waals surface area contributed by atoms with Gasteiger partial charge in [0.2, 0.25) is 17.7 Å². The number of carboxylic acid groups (broad SMARTS) is 2. The van der Waals surface area contributed by atoms with Crippen LogP contribution in [0.3, 0.4) is 0 Å². The molecule has 23 nitrogen and oxygen atoms in total. The SMILES string of the molecule is CC(=O)c1nc(CNc2ccc(C(=O)N[C@@H](CCC(=O)N[C@@H](CCC(=O)NC[C@H](O)[C@@H](O)[C@H](O)[C@H](O)CO)C(=O)N[C@@H](CCC(=O)O)C(C)=O)C(=O)O)cc2)cnc1N=C(C)C. The fourth-order valence-corrected chi connectivity index (χ4v) is 5.46. The number of carbonyl (C=O) groups excluding carboxylic acids is 6. The molecule has 12 N–H and O–H groups in total. The van der Waals surface area contributed by atoms with Crippen LogP contribution in [0.1, 0.15) is 92.8 Å². The molecule has 0 radical (unpaired) electrons. The Kier molecular flexibility index (Phi) is 21.3. The van der Waals surface area contributed by atoms with Crippen molar-refractivity contribution in [2.24, 2.45) is 4.99 Å². The molecular formula is C39H54N8O15. The lowest BCUT2D eigenvalue weighted by molar-refractivity contribution is -0.140. The highest BCUT2D eigenvalue weighted by Crippen LogP contribution is 2.17. The largest absolute Gasteiger partial charge is 0.481 e. The molecule has 0 unspecified atom stereocenters. The van der Waals surface area contributed by atoms with Gasteiger partial charge in [0.15, 0.2) is 23.1 Å². The second-order valence-corrected chi connectivity index (χ2v) is 14.3. The zero-order valence-corrected chi connectivity index (χ0v) is 34.5. The summed E-state index contributed by atoms with van der Waals surface area (Å²) < 4.78 is 0. The maximum Gasteiger partial charge on any atom is 0.326 e. The van der Waals surface area contributed by atoms with E-state index in [2.05, 4.69) is 41.5 Å². The van der Waals surface area contributed by atoms with Crippen LogP contribution in [-0.4, -0.2) is 154 Å². The predicted octanol–water partition coefficient (Wildman–Crippen LogP) is -1.88. The smallest absolute Gasteiger partial charge is 0.326 e. The Balaban J connectivity index is 2.08. The van der Waals surface area contributed by atoms with Crippen molar-refractivity contribution in [3.05, 3.63) is 47.4 Å². The Morgan fingerprint density at radius 2 is 1.32 bits per heavy atom. The highest BCUT2D eigenvalue weighted by Gasteiger charge is 2.31. The van der Waals surface area contributed by atoms with Gasteiger partial charge in [-0.05, 0) is 64.3 Å². The van der Waals surface area contributed by atoms with Gasteiger partial charge in [-0.1, -0.05) is 0 Å². The van der Waals surface area contributed by atoms with Crippen LogP contribution >= 0.6 is 0 Å². The van der Waals surface area contributed by atoms with Crippen molar-refractivity contribution in [3.63, 3.8) is 0 Å². The number of aliphatic carboxylic acids is 2. The molecule has 4 amide bonds. The van der Waals surface area contributed by atoms with E-state index in [0.29, 0.717) is 17.1 Å². The molecule has 0 aliphatic carbocycles. The number of aliphatic imine (C=N–C) groups is 1. The lowest BCUT2D eigenvalue weighted by Crippen LogP contribution is -2.52. The third-order valence-electron chi connectivity index (χ3n) is 8.95. The van der Waals surface area contributed by atoms with Crippen LogP contribution in [-0.2, 0) is 35.3 Å². The van der Waals surface area contributed by atoms with Gasteiger partial charge < -0.3 is 62.3 Å². The second-order valence-electron chi connectivity index (χ2n) is 14.3. The summed E-state index contributed by atoms with van der Waals surface area (Å²) in [7, 11) is 0. The topological polar surface area (TPSA) is 376 Å². The number of Topliss-reactive ketones (excluding diaryl/α,β-unsaturated/α-hetero) is 2. The van der Waals surface area contributed by atoms with Crippen molar-refractivity contribution in [1.29, 1.82) is 0 Å². The maximum atomic E-state index is 13.3. The standard InChI is InChI=1S/C39H54N8O15/c1-19(2)43-36-33(21(4)50)44-24(16-42-36)15-40-23-7-5-22(6-8-23)37(59)47-27(39(61)62)10-13-31(54)45-26(38(60)46-25(20(3)49)11-14-32(55)56)9-12-30(53)41-17-28(51)34(57)35(58)29(52)18-48/h5-8,16,25-29,34-35,40,48,51-52,57-58H,9-15,17-18H2,1-4H3,(H,41,53)(H,45,54)(H,46,60)(H,47,59)(H,55,56)(H,61,62)/t25-,26-,27-,28-,29+,34+,35+/m0/s1. The van der Waals surface area contributed by atoms with E-state index in [-0.39, 0.29) is 35.8 Å². The minimum Gasteiger partial charge on any atom is -0.481 e. The summed E-state index contributed by atoms with van der Waals surface area (Å²) in [6.07, 6.45) is -8.81. The number of hydrogen-bond acceptors (Lipinski definition) is 17. The van der Waals surface area contributed by atoms with E-state index in [9.17, 15) is 63.9 Å². The van der Waals surface area contributed by atoms with Crippen LogP contribution in [0.2, 0.25) is 0 Å². The average molecular weight is 875 g/mol. The van der Waals surface area contributed by atoms with E-state index in [1.165, 1.54) is 25.3 Å². The fourth-order valence-electron chi connectivity index (χ4n) is 5.46. The van der Waals surface area contributed by atoms with Gasteiger partial charge in [0.1, 0.15) is 30.4 Å². The third kappa shape index (κ3) is 17.8. The molecule has 7 atom stereocenters. The molecule has 23 heteroatoms. The maximum absolute atomic E-state index is 13.3. The van der Waals surface area contributed by atoms with Crippen LogP contribution in [0, 0.1) is 0 Å². The molecule has 0 spiro atoms. The number of carbonyl (C=O) groups is 8. The minimum absolute atomic E-state index is 0.0703. The highest BCUT2D eigenvalue weighted by atomic mass is 16.4. The lowest BCUT2D eigenvalue weighted by atomic mass is 10.0. The Morgan fingerprint density at radius 3 is 1.89 bits per heavy atom. The zero-order chi connectivity index (χ0) is 46.7. The van der Waals surface area contributed by atoms with Crippen molar-refractivity contribution >= 4 is 64.4 Å². The zero-order valence-electron chi connectivity index (χ0n) is 34.5. The summed E-state index contributed by atoms with van der Waals surface area (Å²) in [6, 6.07) is 1.51. The number of benzene rings is 1. The molecule has 0 aliphatic heterocycles. The van der Waals surface area contributed by atoms with Crippen molar-refractivity contribution in [3.8, 4) is 0 Å². The molecule has 0 bridgehead atoms. The quantitative estimate of drug-likeness (QED) is 0.0345. The molecule has 2 rings (SSSR count). The summed E-state index contributed by atoms with van der Waals surface area (Å²) in [5, 5.41) is 79.4. The van der Waals surface area contributed by atoms with Gasteiger partial charge in [-0.2, -0.15) is 0 Å². The van der Waals surface area contributed by atoms with Crippen LogP contribution in [0.25, 0.3) is 0 Å². The van der Waals surface area contributed by atoms with Crippen molar-refractivity contribution in [2.75, 3.05) is 18.5 Å². The van der Waals surface area contributed by atoms with E-state index >= 15 is 0 Å². The monoisotopic (exact) mass is 874 g/mol. The van der Waals surface area contributed by atoms with E-state index in [4.69, 9.17) is 10.2 Å². The molecule has 1 aromatic carbocycles. The first-order valence-electron chi connectivity index (χ1n) is 19.3. The number of aliphatic hydroxyl groups is 5. The molecule has 62 heavy (non-hydrogen) atoms. The van der Waals surface area contributed by atoms with Crippen LogP contribution in [0.4, 0.5) is 11.5 Å². The van der Waals surface area contributed by atoms with E-state index < -0.39 is 129 Å². The normalized spacial score (nSPS) is 14.3. The summed E-state index contributed by atoms with van der Waals surface area (Å²) >= 11 is 0. The summed E-state index contributed by atoms with van der Waals surface area (Å²) in [5.74, 6) is -6.96. The number of amides is 4. The molecule has 2 aromatic rings. The van der Waals surface area contributed by atoms with Gasteiger partial charge in [0.25, 0.3) is 5.91 Å². The van der Waals surface area contributed by atoms with Gasteiger partial charge >= 0.3 is 11.9 Å². The first-order valence-corrected chi connectivity index (χ1v) is 19.3. The van der Waals surface area contributed by atoms with Crippen molar-refractivity contribution in [2.45, 2.75) is 115 Å². The molecule has 0 saturated carbocycles. The summed E-state index contributed by atoms with van der Waals surface area (Å²) in [5.41, 5.74) is 1.86. The number of aliphatic hydroxyl groups excluding tert-OH is 5. The number of hydrogen-bond donors (Lipinski definition) is 12. The van der Waals surface area contributed by atoms with Crippen LogP contribution in [0.5, 0.6) is 0 Å². The summed E-state index contributed by atoms with van der Waals surface area (Å²) in [4.78, 5) is 112. The van der Waals surface area contributed by atoms with Gasteiger partial charge in [-0.25, -0.2) is 19.8 Å². The van der Waals surface area contributed by atoms with E-state index in [1.54, 1.807) is 26.0 Å². The molecule has 0 saturated heterocycles. The Bertz CT molecular complexity index is 1940. The lowest BCUT2D eigenvalue weighted by Gasteiger charge is -2.26. The molecular weight excluding hydrogens is 820 g/mol. The Labute approximate surface area is 355 Å². The Morgan fingerprint density at radius 1 is 0.726 bits per heavy atom. The number of carboxylic acids is 2. The van der Waals surface area contributed by atoms with Gasteiger partial charge in [-0.3, -0.25) is 33.6 Å². The fraction of sp³-hybridized carbons (Fsp3) is 0.513. The molecule has 1 aromatic heterocycles. The van der Waals surface area contributed by atoms with Crippen molar-refractivity contribution < 1.29 is 74.1 Å². The molecule has 0 fully saturated rings. The second kappa shape index (κ2) is 25.5. The van der Waals surface area contributed by atoms with Crippen molar-refractivity contribution in [1.82, 2.24) is 31.2 Å². The predicted molar refractivity (Wildman–Crippen MR) is 217 cm³/mol. The number of aromatic nitrogens is 2. The minimum atomic E-state index is -1.97. The van der Waals surface area contributed by atoms with Crippen LogP contribution < -0.4 is 26.6 Å². The van der Waals surface area contributed by atoms with Gasteiger partial charge in [-0.15, -0.1) is 0 Å². The number of nitrogens with one attached hydrogen (secondary N) is 5. The van der Waals surface area contributed by atoms with Gasteiger partial charge in [0.05, 0.1) is 37.2 Å². The molecule has 1 heterocycles. The molecule has 0 aliphatic rings. The number of rotatable bonds is 27. The number of nitrogens with zero attached hydrogens (tertiary/aromatic N) is 3. The van der Waals surface area contributed by atoms with Gasteiger partial charge in [0, 0.05) is 49.7 Å². The van der Waals surface area contributed by atoms with E-state index in [0.717, 1.165) is 6.92 Å². The Hall–Kier alpha value is -6.27. The number of ketones is 2. The highest BCUT2D eigenvalue weighted by molar-refractivity contribution is 5.98. The number of anilines is 1.